The second-order valence-electron chi connectivity index (χ2n) is 8.34. The van der Waals surface area contributed by atoms with E-state index in [1.807, 2.05) is 45.9 Å². The van der Waals surface area contributed by atoms with Gasteiger partial charge < -0.3 is 23.9 Å². The van der Waals surface area contributed by atoms with Crippen LogP contribution in [0.2, 0.25) is 0 Å². The number of pyridine rings is 2. The molecular weight excluding hydrogens is 434 g/mol. The number of hydrogen-bond acceptors (Lipinski definition) is 7. The lowest BCUT2D eigenvalue weighted by molar-refractivity contribution is 0.0322. The number of aromatic amines is 1. The second-order valence-corrected chi connectivity index (χ2v) is 8.34. The van der Waals surface area contributed by atoms with E-state index in [1.54, 1.807) is 6.07 Å². The van der Waals surface area contributed by atoms with Crippen LogP contribution < -0.4 is 19.8 Å². The summed E-state index contributed by atoms with van der Waals surface area (Å²) in [6, 6.07) is 7.60. The van der Waals surface area contributed by atoms with Crippen molar-refractivity contribution in [1.29, 1.82) is 0 Å². The highest BCUT2D eigenvalue weighted by Gasteiger charge is 2.16. The monoisotopic (exact) mass is 467 g/mol. The van der Waals surface area contributed by atoms with Crippen molar-refractivity contribution in [3.63, 3.8) is 0 Å². The van der Waals surface area contributed by atoms with E-state index >= 15 is 0 Å². The molecule has 0 aliphatic carbocycles. The van der Waals surface area contributed by atoms with Gasteiger partial charge in [0.2, 0.25) is 5.88 Å². The fraction of sp³-hybridized carbons (Fsp3) is 0.462. The van der Waals surface area contributed by atoms with E-state index in [0.29, 0.717) is 48.0 Å². The number of aryl methyl sites for hydroxylation is 2. The first kappa shape index (κ1) is 24.0. The van der Waals surface area contributed by atoms with Crippen LogP contribution in [0.3, 0.4) is 0 Å². The van der Waals surface area contributed by atoms with Crippen LogP contribution in [-0.4, -0.2) is 67.5 Å². The van der Waals surface area contributed by atoms with Gasteiger partial charge in [0.15, 0.2) is 0 Å². The number of hydrogen-bond donors (Lipinski definition) is 1. The molecule has 1 aliphatic heterocycles. The summed E-state index contributed by atoms with van der Waals surface area (Å²) >= 11 is 0. The van der Waals surface area contributed by atoms with Gasteiger partial charge >= 0.3 is 0 Å². The molecule has 0 saturated carbocycles. The van der Waals surface area contributed by atoms with Gasteiger partial charge in [-0.25, -0.2) is 4.98 Å². The molecule has 2 aromatic heterocycles. The molecule has 8 heteroatoms. The van der Waals surface area contributed by atoms with Crippen molar-refractivity contribution >= 4 is 10.9 Å². The fourth-order valence-electron chi connectivity index (χ4n) is 4.29. The second kappa shape index (κ2) is 10.9. The molecule has 3 aromatic rings. The Morgan fingerprint density at radius 3 is 2.38 bits per heavy atom. The lowest BCUT2D eigenvalue weighted by atomic mass is 10.0. The molecule has 8 nitrogen and oxygen atoms in total. The molecule has 182 valence electrons. The van der Waals surface area contributed by atoms with Crippen LogP contribution in [0.15, 0.2) is 29.1 Å². The van der Waals surface area contributed by atoms with Gasteiger partial charge in [0.1, 0.15) is 23.5 Å². The Balaban J connectivity index is 1.62. The molecule has 1 saturated heterocycles. The minimum absolute atomic E-state index is 0.243. The highest BCUT2D eigenvalue weighted by Crippen LogP contribution is 2.32. The summed E-state index contributed by atoms with van der Waals surface area (Å²) in [5.74, 6) is 1.79. The maximum absolute atomic E-state index is 13.0. The van der Waals surface area contributed by atoms with Crippen molar-refractivity contribution in [3.05, 3.63) is 45.7 Å². The van der Waals surface area contributed by atoms with E-state index < -0.39 is 0 Å². The topological polar surface area (TPSA) is 85.9 Å². The van der Waals surface area contributed by atoms with Gasteiger partial charge in [-0.1, -0.05) is 0 Å². The number of morpholine rings is 1. The molecule has 34 heavy (non-hydrogen) atoms. The number of rotatable bonds is 9. The highest BCUT2D eigenvalue weighted by molar-refractivity contribution is 5.87. The van der Waals surface area contributed by atoms with Crippen LogP contribution in [0.5, 0.6) is 17.4 Å². The summed E-state index contributed by atoms with van der Waals surface area (Å²) in [7, 11) is 0. The molecule has 0 amide bonds. The number of nitrogens with one attached hydrogen (secondary N) is 1. The number of H-pyrrole nitrogens is 1. The van der Waals surface area contributed by atoms with Crippen LogP contribution >= 0.6 is 0 Å². The molecule has 4 rings (SSSR count). The number of nitrogens with zero attached hydrogens (tertiary/aromatic N) is 2. The van der Waals surface area contributed by atoms with Gasteiger partial charge in [0.05, 0.1) is 37.6 Å². The first-order valence-corrected chi connectivity index (χ1v) is 11.9. The lowest BCUT2D eigenvalue weighted by Gasteiger charge is -2.26. The lowest BCUT2D eigenvalue weighted by Crippen LogP contribution is -2.38. The SMILES string of the molecule is CCOc1cc(OCC)c2c(=O)[nH]c(-c3cc(C)c(OCCN4CCOCC4)c(C)c3)cc2n1. The van der Waals surface area contributed by atoms with Gasteiger partial charge in [-0.3, -0.25) is 9.69 Å². The Kier molecular flexibility index (Phi) is 7.70. The van der Waals surface area contributed by atoms with Crippen molar-refractivity contribution in [3.8, 4) is 28.6 Å². The average Bonchev–Trinajstić information content (AvgIpc) is 2.81. The van der Waals surface area contributed by atoms with E-state index in [2.05, 4.69) is 14.9 Å². The maximum atomic E-state index is 13.0. The number of benzene rings is 1. The number of ether oxygens (including phenoxy) is 4. The molecular formula is C26H33N3O5. The molecule has 3 heterocycles. The van der Waals surface area contributed by atoms with Gasteiger partial charge in [-0.15, -0.1) is 0 Å². The minimum Gasteiger partial charge on any atom is -0.493 e. The summed E-state index contributed by atoms with van der Waals surface area (Å²) in [5, 5.41) is 0.422. The Hall–Kier alpha value is -3.10. The van der Waals surface area contributed by atoms with Crippen molar-refractivity contribution in [1.82, 2.24) is 14.9 Å². The highest BCUT2D eigenvalue weighted by atomic mass is 16.5. The largest absolute Gasteiger partial charge is 0.493 e. The zero-order chi connectivity index (χ0) is 24.1. The molecule has 0 bridgehead atoms. The molecule has 0 unspecified atom stereocenters. The van der Waals surface area contributed by atoms with Crippen molar-refractivity contribution in [2.45, 2.75) is 27.7 Å². The molecule has 1 aromatic carbocycles. The van der Waals surface area contributed by atoms with Crippen LogP contribution in [0.25, 0.3) is 22.2 Å². The Morgan fingerprint density at radius 2 is 1.71 bits per heavy atom. The summed E-state index contributed by atoms with van der Waals surface area (Å²) in [4.78, 5) is 22.9. The quantitative estimate of drug-likeness (QED) is 0.513. The maximum Gasteiger partial charge on any atom is 0.261 e. The summed E-state index contributed by atoms with van der Waals surface area (Å²) < 4.78 is 22.8. The van der Waals surface area contributed by atoms with E-state index in [4.69, 9.17) is 18.9 Å². The Labute approximate surface area is 199 Å². The van der Waals surface area contributed by atoms with Crippen molar-refractivity contribution in [2.75, 3.05) is 52.7 Å². The summed E-state index contributed by atoms with van der Waals surface area (Å²) in [5.41, 5.74) is 3.91. The fourth-order valence-corrected chi connectivity index (χ4v) is 4.29. The summed E-state index contributed by atoms with van der Waals surface area (Å²) in [6.07, 6.45) is 0. The summed E-state index contributed by atoms with van der Waals surface area (Å²) in [6.45, 7) is 13.7. The van der Waals surface area contributed by atoms with Gasteiger partial charge in [0, 0.05) is 25.7 Å². The van der Waals surface area contributed by atoms with Crippen LogP contribution in [0, 0.1) is 13.8 Å². The third kappa shape index (κ3) is 5.34. The standard InChI is InChI=1S/C26H33N3O5/c1-5-32-22-16-23(33-6-2)27-21-15-20(28-26(30)24(21)22)19-13-17(3)25(18(4)14-19)34-12-9-29-7-10-31-11-8-29/h13-16H,5-12H2,1-4H3,(H,28,30). The predicted octanol–water partition coefficient (Wildman–Crippen LogP) is 3.72. The van der Waals surface area contributed by atoms with Gasteiger partial charge in [0.25, 0.3) is 5.56 Å². The van der Waals surface area contributed by atoms with Crippen LogP contribution in [-0.2, 0) is 4.74 Å². The smallest absolute Gasteiger partial charge is 0.261 e. The first-order valence-electron chi connectivity index (χ1n) is 11.9. The van der Waals surface area contributed by atoms with Crippen molar-refractivity contribution in [2.24, 2.45) is 0 Å². The molecule has 1 fully saturated rings. The first-order chi connectivity index (χ1) is 16.5. The number of aromatic nitrogens is 2. The van der Waals surface area contributed by atoms with E-state index in [0.717, 1.165) is 55.3 Å². The molecule has 0 atom stereocenters. The van der Waals surface area contributed by atoms with Crippen LogP contribution in [0.1, 0.15) is 25.0 Å². The Bertz CT molecular complexity index is 1180. The molecule has 1 aliphatic rings. The zero-order valence-corrected chi connectivity index (χ0v) is 20.4. The predicted molar refractivity (Wildman–Crippen MR) is 132 cm³/mol. The molecule has 1 N–H and O–H groups in total. The van der Waals surface area contributed by atoms with Gasteiger partial charge in [-0.05, 0) is 62.6 Å². The van der Waals surface area contributed by atoms with Crippen molar-refractivity contribution < 1.29 is 18.9 Å². The van der Waals surface area contributed by atoms with Crippen LogP contribution in [0.4, 0.5) is 0 Å². The van der Waals surface area contributed by atoms with Gasteiger partial charge in [-0.2, -0.15) is 0 Å². The normalized spacial score (nSPS) is 14.4. The average molecular weight is 468 g/mol. The Morgan fingerprint density at radius 1 is 1.00 bits per heavy atom. The third-order valence-electron chi connectivity index (χ3n) is 5.87. The zero-order valence-electron chi connectivity index (χ0n) is 20.4. The van der Waals surface area contributed by atoms with E-state index in [1.165, 1.54) is 0 Å². The van der Waals surface area contributed by atoms with E-state index in [-0.39, 0.29) is 5.56 Å². The molecule has 0 radical (unpaired) electrons. The minimum atomic E-state index is -0.243. The molecule has 0 spiro atoms. The third-order valence-corrected chi connectivity index (χ3v) is 5.87. The number of fused-ring (bicyclic) bond motifs is 1. The van der Waals surface area contributed by atoms with E-state index in [9.17, 15) is 4.79 Å².